The number of ether oxygens (including phenoxy) is 1. The summed E-state index contributed by atoms with van der Waals surface area (Å²) in [6, 6.07) is 15.9. The fraction of sp³-hybridized carbons (Fsp3) is 0.133. The molecule has 0 saturated heterocycles. The van der Waals surface area contributed by atoms with Crippen LogP contribution < -0.4 is 10.5 Å². The van der Waals surface area contributed by atoms with Crippen LogP contribution in [0.4, 0.5) is 0 Å². The zero-order valence-corrected chi connectivity index (χ0v) is 10.2. The third-order valence-electron chi connectivity index (χ3n) is 2.54. The van der Waals surface area contributed by atoms with Crippen molar-refractivity contribution >= 4 is 5.78 Å². The van der Waals surface area contributed by atoms with Crippen molar-refractivity contribution in [2.75, 3.05) is 0 Å². The van der Waals surface area contributed by atoms with Gasteiger partial charge in [0, 0.05) is 0 Å². The Morgan fingerprint density at radius 1 is 1.06 bits per heavy atom. The number of para-hydroxylation sites is 2. The lowest BCUT2D eigenvalue weighted by Crippen LogP contribution is -2.26. The van der Waals surface area contributed by atoms with Gasteiger partial charge in [-0.1, -0.05) is 30.3 Å². The molecule has 0 aromatic heterocycles. The summed E-state index contributed by atoms with van der Waals surface area (Å²) in [5.41, 5.74) is 6.14. The molecular formula is C15H15NO2. The van der Waals surface area contributed by atoms with Crippen LogP contribution in [0.3, 0.4) is 0 Å². The highest BCUT2D eigenvalue weighted by molar-refractivity contribution is 6.02. The summed E-state index contributed by atoms with van der Waals surface area (Å²) < 4.78 is 5.70. The zero-order valence-electron chi connectivity index (χ0n) is 10.2. The molecule has 0 aliphatic rings. The molecule has 1 unspecified atom stereocenters. The number of nitrogens with two attached hydrogens (primary N) is 1. The van der Waals surface area contributed by atoms with E-state index in [1.165, 1.54) is 0 Å². The predicted octanol–water partition coefficient (Wildman–Crippen LogP) is 3.01. The van der Waals surface area contributed by atoms with Gasteiger partial charge in [-0.3, -0.25) is 4.79 Å². The Kier molecular flexibility index (Phi) is 3.75. The van der Waals surface area contributed by atoms with Crippen molar-refractivity contribution in [2.45, 2.75) is 13.0 Å². The minimum Gasteiger partial charge on any atom is -0.457 e. The monoisotopic (exact) mass is 241 g/mol. The number of ketones is 1. The molecule has 1 atom stereocenters. The Bertz CT molecular complexity index is 535. The van der Waals surface area contributed by atoms with Gasteiger partial charge in [0.05, 0.1) is 11.6 Å². The highest BCUT2D eigenvalue weighted by Gasteiger charge is 2.15. The number of rotatable bonds is 4. The first kappa shape index (κ1) is 12.3. The van der Waals surface area contributed by atoms with Crippen molar-refractivity contribution in [1.82, 2.24) is 0 Å². The van der Waals surface area contributed by atoms with Crippen molar-refractivity contribution < 1.29 is 9.53 Å². The average Bonchev–Trinajstić information content (AvgIpc) is 2.39. The van der Waals surface area contributed by atoms with E-state index >= 15 is 0 Å². The summed E-state index contributed by atoms with van der Waals surface area (Å²) in [6.07, 6.45) is 0. The van der Waals surface area contributed by atoms with Crippen molar-refractivity contribution in [3.8, 4) is 11.5 Å². The molecule has 3 heteroatoms. The third kappa shape index (κ3) is 2.76. The molecule has 18 heavy (non-hydrogen) atoms. The third-order valence-corrected chi connectivity index (χ3v) is 2.54. The highest BCUT2D eigenvalue weighted by Crippen LogP contribution is 2.25. The number of carbonyl (C=O) groups is 1. The second kappa shape index (κ2) is 5.47. The van der Waals surface area contributed by atoms with E-state index in [1.54, 1.807) is 25.1 Å². The fourth-order valence-corrected chi connectivity index (χ4v) is 1.62. The van der Waals surface area contributed by atoms with Crippen LogP contribution in [-0.2, 0) is 0 Å². The summed E-state index contributed by atoms with van der Waals surface area (Å²) in [6.45, 7) is 1.67. The van der Waals surface area contributed by atoms with E-state index in [0.29, 0.717) is 17.1 Å². The van der Waals surface area contributed by atoms with Gasteiger partial charge < -0.3 is 10.5 Å². The molecule has 0 radical (unpaired) electrons. The van der Waals surface area contributed by atoms with Crippen LogP contribution in [0.2, 0.25) is 0 Å². The molecule has 0 fully saturated rings. The molecule has 2 rings (SSSR count). The van der Waals surface area contributed by atoms with E-state index in [1.807, 2.05) is 36.4 Å². The molecular weight excluding hydrogens is 226 g/mol. The lowest BCUT2D eigenvalue weighted by molar-refractivity contribution is 0.0965. The summed E-state index contributed by atoms with van der Waals surface area (Å²) in [7, 11) is 0. The molecule has 0 aliphatic carbocycles. The fourth-order valence-electron chi connectivity index (χ4n) is 1.62. The van der Waals surface area contributed by atoms with Crippen LogP contribution in [0.15, 0.2) is 54.6 Å². The molecule has 2 aromatic carbocycles. The topological polar surface area (TPSA) is 52.3 Å². The standard InChI is InChI=1S/C15H15NO2/c1-11(16)15(17)13-9-5-6-10-14(13)18-12-7-3-2-4-8-12/h2-11H,16H2,1H3. The van der Waals surface area contributed by atoms with E-state index in [4.69, 9.17) is 10.5 Å². The van der Waals surface area contributed by atoms with E-state index in [2.05, 4.69) is 0 Å². The molecule has 0 amide bonds. The Morgan fingerprint density at radius 3 is 2.33 bits per heavy atom. The van der Waals surface area contributed by atoms with Crippen LogP contribution >= 0.6 is 0 Å². The number of carbonyl (C=O) groups excluding carboxylic acids is 1. The Balaban J connectivity index is 2.31. The summed E-state index contributed by atoms with van der Waals surface area (Å²) in [4.78, 5) is 12.0. The Morgan fingerprint density at radius 2 is 1.67 bits per heavy atom. The molecule has 3 nitrogen and oxygen atoms in total. The summed E-state index contributed by atoms with van der Waals surface area (Å²) in [5.74, 6) is 1.11. The molecule has 0 saturated carbocycles. The first-order valence-electron chi connectivity index (χ1n) is 5.80. The Labute approximate surface area is 106 Å². The smallest absolute Gasteiger partial charge is 0.182 e. The van der Waals surface area contributed by atoms with Crippen molar-refractivity contribution in [3.05, 3.63) is 60.2 Å². The molecule has 0 aliphatic heterocycles. The number of hydrogen-bond donors (Lipinski definition) is 1. The molecule has 2 aromatic rings. The molecule has 2 N–H and O–H groups in total. The van der Waals surface area contributed by atoms with E-state index < -0.39 is 6.04 Å². The van der Waals surface area contributed by atoms with Crippen LogP contribution in [0.25, 0.3) is 0 Å². The van der Waals surface area contributed by atoms with Crippen LogP contribution in [0.5, 0.6) is 11.5 Å². The van der Waals surface area contributed by atoms with Crippen LogP contribution in [0.1, 0.15) is 17.3 Å². The zero-order chi connectivity index (χ0) is 13.0. The predicted molar refractivity (Wildman–Crippen MR) is 70.9 cm³/mol. The van der Waals surface area contributed by atoms with Crippen molar-refractivity contribution in [1.29, 1.82) is 0 Å². The lowest BCUT2D eigenvalue weighted by atomic mass is 10.1. The van der Waals surface area contributed by atoms with Gasteiger partial charge in [-0.05, 0) is 31.2 Å². The maximum Gasteiger partial charge on any atom is 0.182 e. The van der Waals surface area contributed by atoms with Crippen LogP contribution in [0, 0.1) is 0 Å². The summed E-state index contributed by atoms with van der Waals surface area (Å²) in [5, 5.41) is 0. The minimum absolute atomic E-state index is 0.124. The maximum atomic E-state index is 12.0. The Hall–Kier alpha value is -2.13. The van der Waals surface area contributed by atoms with Gasteiger partial charge in [0.2, 0.25) is 0 Å². The van der Waals surface area contributed by atoms with Crippen molar-refractivity contribution in [2.24, 2.45) is 5.73 Å². The van der Waals surface area contributed by atoms with Gasteiger partial charge in [0.25, 0.3) is 0 Å². The van der Waals surface area contributed by atoms with E-state index in [9.17, 15) is 4.79 Å². The van der Waals surface area contributed by atoms with Gasteiger partial charge in [0.1, 0.15) is 11.5 Å². The van der Waals surface area contributed by atoms with Crippen molar-refractivity contribution in [3.63, 3.8) is 0 Å². The number of Topliss-reactive ketones (excluding diaryl/α,β-unsaturated/α-hetero) is 1. The highest BCUT2D eigenvalue weighted by atomic mass is 16.5. The first-order valence-corrected chi connectivity index (χ1v) is 5.80. The second-order valence-corrected chi connectivity index (χ2v) is 4.06. The quantitative estimate of drug-likeness (QED) is 0.837. The van der Waals surface area contributed by atoms with Gasteiger partial charge >= 0.3 is 0 Å². The molecule has 0 heterocycles. The number of hydrogen-bond acceptors (Lipinski definition) is 3. The van der Waals surface area contributed by atoms with Gasteiger partial charge in [0.15, 0.2) is 5.78 Å². The second-order valence-electron chi connectivity index (χ2n) is 4.06. The van der Waals surface area contributed by atoms with Gasteiger partial charge in [-0.15, -0.1) is 0 Å². The number of benzene rings is 2. The average molecular weight is 241 g/mol. The van der Waals surface area contributed by atoms with Gasteiger partial charge in [-0.25, -0.2) is 0 Å². The lowest BCUT2D eigenvalue weighted by Gasteiger charge is -2.11. The normalized spacial score (nSPS) is 11.9. The van der Waals surface area contributed by atoms with E-state index in [0.717, 1.165) is 0 Å². The van der Waals surface area contributed by atoms with Crippen LogP contribution in [-0.4, -0.2) is 11.8 Å². The molecule has 92 valence electrons. The first-order chi connectivity index (χ1) is 8.68. The SMILES string of the molecule is CC(N)C(=O)c1ccccc1Oc1ccccc1. The maximum absolute atomic E-state index is 12.0. The minimum atomic E-state index is -0.537. The molecule has 0 spiro atoms. The van der Waals surface area contributed by atoms with E-state index in [-0.39, 0.29) is 5.78 Å². The molecule has 0 bridgehead atoms. The summed E-state index contributed by atoms with van der Waals surface area (Å²) >= 11 is 0. The largest absolute Gasteiger partial charge is 0.457 e. The van der Waals surface area contributed by atoms with Gasteiger partial charge in [-0.2, -0.15) is 0 Å².